The molecular weight excluding hydrogens is 383 g/mol. The zero-order chi connectivity index (χ0) is 21.8. The Morgan fingerprint density at radius 2 is 1.61 bits per heavy atom. The van der Waals surface area contributed by atoms with Crippen LogP contribution in [0.4, 0.5) is 4.39 Å². The summed E-state index contributed by atoms with van der Waals surface area (Å²) in [6, 6.07) is 22.9. The average molecular weight is 415 g/mol. The third-order valence-corrected chi connectivity index (χ3v) is 5.94. The zero-order valence-electron chi connectivity index (χ0n) is 18.7. The fourth-order valence-corrected chi connectivity index (χ4v) is 4.22. The van der Waals surface area contributed by atoms with Gasteiger partial charge in [0.25, 0.3) is 0 Å². The maximum Gasteiger partial charge on any atom is 0.156 e. The summed E-state index contributed by atoms with van der Waals surface area (Å²) in [6.07, 6.45) is 2.18. The number of aromatic nitrogens is 1. The van der Waals surface area contributed by atoms with Crippen LogP contribution in [0.1, 0.15) is 35.6 Å². The molecule has 0 aliphatic rings. The molecule has 0 radical (unpaired) electrons. The van der Waals surface area contributed by atoms with Gasteiger partial charge < -0.3 is 9.88 Å². The number of hydrogen-bond donors (Lipinski definition) is 1. The Kier molecular flexibility index (Phi) is 6.53. The van der Waals surface area contributed by atoms with Crippen LogP contribution in [-0.4, -0.2) is 17.7 Å². The summed E-state index contributed by atoms with van der Waals surface area (Å²) in [7, 11) is 0. The molecule has 1 N–H and O–H groups in total. The van der Waals surface area contributed by atoms with Crippen molar-refractivity contribution in [2.45, 2.75) is 40.2 Å². The predicted molar refractivity (Wildman–Crippen MR) is 129 cm³/mol. The van der Waals surface area contributed by atoms with Crippen LogP contribution >= 0.6 is 0 Å². The molecule has 0 unspecified atom stereocenters. The molecule has 1 heterocycles. The second-order valence-corrected chi connectivity index (χ2v) is 8.40. The molecule has 0 fully saturated rings. The van der Waals surface area contributed by atoms with E-state index in [4.69, 9.17) is 0 Å². The van der Waals surface area contributed by atoms with Crippen LogP contribution in [0, 0.1) is 19.7 Å². The number of nitrogens with one attached hydrogen (secondary N) is 1. The molecule has 0 bridgehead atoms. The Morgan fingerprint density at radius 3 is 2.35 bits per heavy atom. The van der Waals surface area contributed by atoms with Gasteiger partial charge in [-0.25, -0.2) is 4.39 Å². The highest BCUT2D eigenvalue weighted by molar-refractivity contribution is 5.89. The lowest BCUT2D eigenvalue weighted by Gasteiger charge is -2.13. The Balaban J connectivity index is 1.70. The molecule has 0 saturated heterocycles. The lowest BCUT2D eigenvalue weighted by atomic mass is 10.0. The topological polar surface area (TPSA) is 17.0 Å². The summed E-state index contributed by atoms with van der Waals surface area (Å²) in [5.41, 5.74) is 7.22. The molecule has 0 saturated carbocycles. The molecule has 0 spiro atoms. The van der Waals surface area contributed by atoms with Gasteiger partial charge in [-0.05, 0) is 68.6 Å². The van der Waals surface area contributed by atoms with Crippen molar-refractivity contribution in [1.82, 2.24) is 9.88 Å². The Labute approximate surface area is 184 Å². The van der Waals surface area contributed by atoms with Crippen molar-refractivity contribution < 1.29 is 4.39 Å². The van der Waals surface area contributed by atoms with Crippen molar-refractivity contribution in [2.75, 3.05) is 13.1 Å². The second-order valence-electron chi connectivity index (χ2n) is 8.40. The van der Waals surface area contributed by atoms with E-state index in [1.54, 1.807) is 0 Å². The summed E-state index contributed by atoms with van der Waals surface area (Å²) < 4.78 is 17.8. The van der Waals surface area contributed by atoms with Crippen LogP contribution in [0.2, 0.25) is 0 Å². The summed E-state index contributed by atoms with van der Waals surface area (Å²) in [6.45, 7) is 8.94. The number of aryl methyl sites for hydroxylation is 2. The fraction of sp³-hybridized carbons (Fsp3) is 0.286. The van der Waals surface area contributed by atoms with Gasteiger partial charge in [0, 0.05) is 17.5 Å². The van der Waals surface area contributed by atoms with Crippen molar-refractivity contribution in [1.29, 1.82) is 0 Å². The van der Waals surface area contributed by atoms with Gasteiger partial charge in [0.15, 0.2) is 5.82 Å². The first-order valence-corrected chi connectivity index (χ1v) is 11.2. The normalized spacial score (nSPS) is 11.4. The van der Waals surface area contributed by atoms with Gasteiger partial charge in [0.05, 0.1) is 11.2 Å². The van der Waals surface area contributed by atoms with Gasteiger partial charge in [-0.3, -0.25) is 0 Å². The number of benzene rings is 3. The maximum atomic E-state index is 15.7. The number of fused-ring (bicyclic) bond motifs is 1. The van der Waals surface area contributed by atoms with Crippen LogP contribution in [0.3, 0.4) is 0 Å². The molecule has 0 aliphatic heterocycles. The number of rotatable bonds is 8. The van der Waals surface area contributed by atoms with Crippen molar-refractivity contribution >= 4 is 10.9 Å². The maximum absolute atomic E-state index is 15.7. The lowest BCUT2D eigenvalue weighted by Crippen LogP contribution is -2.17. The molecule has 2 nitrogen and oxygen atoms in total. The van der Waals surface area contributed by atoms with Crippen LogP contribution in [0.25, 0.3) is 22.2 Å². The van der Waals surface area contributed by atoms with E-state index < -0.39 is 0 Å². The van der Waals surface area contributed by atoms with Crippen LogP contribution < -0.4 is 5.32 Å². The first-order valence-electron chi connectivity index (χ1n) is 11.2. The molecule has 31 heavy (non-hydrogen) atoms. The van der Waals surface area contributed by atoms with Gasteiger partial charge in [-0.1, -0.05) is 67.1 Å². The molecule has 0 atom stereocenters. The third-order valence-electron chi connectivity index (χ3n) is 5.94. The zero-order valence-corrected chi connectivity index (χ0v) is 18.7. The van der Waals surface area contributed by atoms with Gasteiger partial charge in [0.1, 0.15) is 0 Å². The van der Waals surface area contributed by atoms with Crippen molar-refractivity contribution in [3.63, 3.8) is 0 Å². The van der Waals surface area contributed by atoms with Crippen LogP contribution in [-0.2, 0) is 13.0 Å². The summed E-state index contributed by atoms with van der Waals surface area (Å²) in [5.74, 6) is -0.133. The smallest absolute Gasteiger partial charge is 0.156 e. The van der Waals surface area contributed by atoms with Gasteiger partial charge in [0.2, 0.25) is 0 Å². The van der Waals surface area contributed by atoms with Crippen LogP contribution in [0.5, 0.6) is 0 Å². The third kappa shape index (κ3) is 4.57. The summed E-state index contributed by atoms with van der Waals surface area (Å²) in [5, 5.41) is 4.14. The highest BCUT2D eigenvalue weighted by Crippen LogP contribution is 2.35. The average Bonchev–Trinajstić information content (AvgIpc) is 3.03. The molecule has 3 aromatic carbocycles. The van der Waals surface area contributed by atoms with E-state index in [1.165, 1.54) is 11.1 Å². The molecule has 0 amide bonds. The Bertz CT molecular complexity index is 1170. The largest absolute Gasteiger partial charge is 0.334 e. The fourth-order valence-electron chi connectivity index (χ4n) is 4.22. The molecule has 4 aromatic rings. The first kappa shape index (κ1) is 21.3. The van der Waals surface area contributed by atoms with Gasteiger partial charge in [-0.2, -0.15) is 0 Å². The highest BCUT2D eigenvalue weighted by atomic mass is 19.1. The minimum absolute atomic E-state index is 0.133. The SMILES string of the molecule is CCCNCCc1ccc(Cn2c(-c3ccccc3C)c(F)c3cc(C)ccc32)cc1. The molecule has 3 heteroatoms. The Hall–Kier alpha value is -2.91. The van der Waals surface area contributed by atoms with E-state index in [-0.39, 0.29) is 5.82 Å². The molecule has 160 valence electrons. The lowest BCUT2D eigenvalue weighted by molar-refractivity contribution is 0.634. The summed E-state index contributed by atoms with van der Waals surface area (Å²) >= 11 is 0. The van der Waals surface area contributed by atoms with Crippen LogP contribution in [0.15, 0.2) is 66.7 Å². The molecule has 1 aromatic heterocycles. The van der Waals surface area contributed by atoms with E-state index in [0.717, 1.165) is 48.1 Å². The predicted octanol–water partition coefficient (Wildman–Crippen LogP) is 6.65. The van der Waals surface area contributed by atoms with Crippen molar-refractivity contribution in [2.24, 2.45) is 0 Å². The molecule has 0 aliphatic carbocycles. The van der Waals surface area contributed by atoms with Crippen molar-refractivity contribution in [3.05, 3.63) is 94.8 Å². The second kappa shape index (κ2) is 9.49. The first-order chi connectivity index (χ1) is 15.1. The standard InChI is InChI=1S/C28H31FN2/c1-4-16-30-17-15-22-10-12-23(13-11-22)19-31-26-14-9-20(2)18-25(26)27(29)28(31)24-8-6-5-7-21(24)3/h5-14,18,30H,4,15-17,19H2,1-3H3. The van der Waals surface area contributed by atoms with E-state index in [2.05, 4.69) is 47.1 Å². The van der Waals surface area contributed by atoms with E-state index in [0.29, 0.717) is 17.6 Å². The minimum Gasteiger partial charge on any atom is -0.334 e. The van der Waals surface area contributed by atoms with E-state index >= 15 is 4.39 Å². The van der Waals surface area contributed by atoms with Gasteiger partial charge >= 0.3 is 0 Å². The number of halogens is 1. The highest BCUT2D eigenvalue weighted by Gasteiger charge is 2.20. The number of nitrogens with zero attached hydrogens (tertiary/aromatic N) is 1. The Morgan fingerprint density at radius 1 is 0.871 bits per heavy atom. The monoisotopic (exact) mass is 414 g/mol. The number of hydrogen-bond acceptors (Lipinski definition) is 1. The van der Waals surface area contributed by atoms with E-state index in [9.17, 15) is 0 Å². The van der Waals surface area contributed by atoms with Crippen molar-refractivity contribution in [3.8, 4) is 11.3 Å². The minimum atomic E-state index is -0.133. The van der Waals surface area contributed by atoms with Gasteiger partial charge in [-0.15, -0.1) is 0 Å². The molecule has 4 rings (SSSR count). The molecular formula is C28H31FN2. The summed E-state index contributed by atoms with van der Waals surface area (Å²) in [4.78, 5) is 0. The van der Waals surface area contributed by atoms with E-state index in [1.807, 2.05) is 50.2 Å². The quantitative estimate of drug-likeness (QED) is 0.319.